The Morgan fingerprint density at radius 2 is 1.07 bits per heavy atom. The van der Waals surface area contributed by atoms with Crippen LogP contribution in [-0.4, -0.2) is 42.3 Å². The summed E-state index contributed by atoms with van der Waals surface area (Å²) in [4.78, 5) is 58.6. The molecule has 0 heterocycles. The summed E-state index contributed by atoms with van der Waals surface area (Å²) in [5, 5.41) is 5.00. The third kappa shape index (κ3) is 12.0. The Morgan fingerprint density at radius 3 is 1.59 bits per heavy atom. The lowest BCUT2D eigenvalue weighted by Crippen LogP contribution is -2.36. The molecule has 0 unspecified atom stereocenters. The zero-order valence-electron chi connectivity index (χ0n) is 17.5. The van der Waals surface area contributed by atoms with Gasteiger partial charge < -0.3 is 10.6 Å². The van der Waals surface area contributed by atoms with Crippen molar-refractivity contribution in [2.24, 2.45) is 10.8 Å². The molecule has 0 saturated carbocycles. The Kier molecular flexibility index (Phi) is 10.1. The van der Waals surface area contributed by atoms with Crippen molar-refractivity contribution in [3.63, 3.8) is 0 Å². The SMILES string of the molecule is CC(C)(C)C(=O)CCCC(=O)NCC(=O)CCC(=O)NCC(=O)C(C)(C)C. The number of amides is 2. The van der Waals surface area contributed by atoms with Crippen LogP contribution in [0.5, 0.6) is 0 Å². The Bertz CT molecular complexity index is 568. The smallest absolute Gasteiger partial charge is 0.220 e. The molecule has 0 aliphatic heterocycles. The molecular weight excluding hydrogens is 348 g/mol. The fraction of sp³-hybridized carbons (Fsp3) is 0.750. The van der Waals surface area contributed by atoms with Crippen molar-refractivity contribution >= 4 is 29.2 Å². The number of carbonyl (C=O) groups excluding carboxylic acids is 5. The molecule has 0 spiro atoms. The molecule has 2 amide bonds. The maximum atomic E-state index is 11.8. The maximum Gasteiger partial charge on any atom is 0.220 e. The topological polar surface area (TPSA) is 109 Å². The molecule has 0 bridgehead atoms. The highest BCUT2D eigenvalue weighted by Crippen LogP contribution is 2.18. The molecule has 0 aromatic rings. The van der Waals surface area contributed by atoms with Crippen LogP contribution in [0.3, 0.4) is 0 Å². The van der Waals surface area contributed by atoms with Gasteiger partial charge in [0.05, 0.1) is 13.1 Å². The van der Waals surface area contributed by atoms with Gasteiger partial charge in [-0.05, 0) is 6.42 Å². The van der Waals surface area contributed by atoms with E-state index >= 15 is 0 Å². The summed E-state index contributed by atoms with van der Waals surface area (Å²) in [7, 11) is 0. The highest BCUT2D eigenvalue weighted by molar-refractivity contribution is 5.92. The summed E-state index contributed by atoms with van der Waals surface area (Å²) in [5.74, 6) is -0.897. The Balaban J connectivity index is 3.93. The molecule has 7 nitrogen and oxygen atoms in total. The normalized spacial score (nSPS) is 11.6. The first-order chi connectivity index (χ1) is 12.2. The molecule has 27 heavy (non-hydrogen) atoms. The summed E-state index contributed by atoms with van der Waals surface area (Å²) >= 11 is 0. The fourth-order valence-corrected chi connectivity index (χ4v) is 1.94. The van der Waals surface area contributed by atoms with E-state index in [2.05, 4.69) is 10.6 Å². The number of hydrogen-bond donors (Lipinski definition) is 2. The minimum Gasteiger partial charge on any atom is -0.349 e. The van der Waals surface area contributed by atoms with Gasteiger partial charge in [-0.1, -0.05) is 41.5 Å². The van der Waals surface area contributed by atoms with Gasteiger partial charge >= 0.3 is 0 Å². The molecule has 7 heteroatoms. The van der Waals surface area contributed by atoms with Crippen molar-refractivity contribution in [3.05, 3.63) is 0 Å². The van der Waals surface area contributed by atoms with Gasteiger partial charge in [0.25, 0.3) is 0 Å². The number of nitrogens with one attached hydrogen (secondary N) is 2. The van der Waals surface area contributed by atoms with E-state index in [1.807, 2.05) is 20.8 Å². The predicted octanol–water partition coefficient (Wildman–Crippen LogP) is 1.97. The minimum absolute atomic E-state index is 0.00166. The largest absolute Gasteiger partial charge is 0.349 e. The molecule has 154 valence electrons. The number of hydrogen-bond acceptors (Lipinski definition) is 5. The Hall–Kier alpha value is -2.05. The van der Waals surface area contributed by atoms with Gasteiger partial charge in [0, 0.05) is 36.5 Å². The van der Waals surface area contributed by atoms with E-state index in [0.717, 1.165) is 0 Å². The van der Waals surface area contributed by atoms with E-state index in [0.29, 0.717) is 12.8 Å². The number of ketones is 3. The van der Waals surface area contributed by atoms with Crippen LogP contribution in [0.2, 0.25) is 0 Å². The highest BCUT2D eigenvalue weighted by Gasteiger charge is 2.22. The van der Waals surface area contributed by atoms with Crippen molar-refractivity contribution in [1.82, 2.24) is 10.6 Å². The van der Waals surface area contributed by atoms with Gasteiger partial charge in [-0.3, -0.25) is 24.0 Å². The van der Waals surface area contributed by atoms with E-state index in [1.54, 1.807) is 20.8 Å². The number of rotatable bonds is 11. The molecule has 0 fully saturated rings. The van der Waals surface area contributed by atoms with Gasteiger partial charge in [-0.15, -0.1) is 0 Å². The molecular formula is C20H34N2O5. The first kappa shape index (κ1) is 24.9. The monoisotopic (exact) mass is 382 g/mol. The van der Waals surface area contributed by atoms with E-state index in [4.69, 9.17) is 0 Å². The fourth-order valence-electron chi connectivity index (χ4n) is 1.94. The molecule has 0 aromatic heterocycles. The molecule has 0 aliphatic rings. The van der Waals surface area contributed by atoms with Crippen molar-refractivity contribution in [1.29, 1.82) is 0 Å². The highest BCUT2D eigenvalue weighted by atomic mass is 16.2. The van der Waals surface area contributed by atoms with Crippen molar-refractivity contribution in [2.75, 3.05) is 13.1 Å². The summed E-state index contributed by atoms with van der Waals surface area (Å²) in [6, 6.07) is 0. The summed E-state index contributed by atoms with van der Waals surface area (Å²) in [6.07, 6.45) is 0.938. The van der Waals surface area contributed by atoms with Crippen LogP contribution in [0, 0.1) is 10.8 Å². The molecule has 0 radical (unpaired) electrons. The number of carbonyl (C=O) groups is 5. The molecule has 0 atom stereocenters. The van der Waals surface area contributed by atoms with E-state index in [-0.39, 0.29) is 61.5 Å². The number of Topliss-reactive ketones (excluding diaryl/α,β-unsaturated/α-hetero) is 3. The Labute approximate surface area is 162 Å². The van der Waals surface area contributed by atoms with Crippen molar-refractivity contribution in [2.45, 2.75) is 73.6 Å². The third-order valence-electron chi connectivity index (χ3n) is 4.04. The molecule has 0 saturated heterocycles. The van der Waals surface area contributed by atoms with Crippen LogP contribution in [0.15, 0.2) is 0 Å². The first-order valence-electron chi connectivity index (χ1n) is 9.35. The standard InChI is InChI=1S/C20H34N2O5/c1-19(2,3)15(24)8-7-9-17(26)21-12-14(23)10-11-18(27)22-13-16(25)20(4,5)6/h7-13H2,1-6H3,(H,21,26)(H,22,27). The summed E-state index contributed by atoms with van der Waals surface area (Å²) < 4.78 is 0. The lowest BCUT2D eigenvalue weighted by atomic mass is 9.88. The maximum absolute atomic E-state index is 11.8. The second-order valence-electron chi connectivity index (χ2n) is 8.79. The Morgan fingerprint density at radius 1 is 0.593 bits per heavy atom. The molecule has 0 aromatic carbocycles. The molecule has 2 N–H and O–H groups in total. The second-order valence-corrected chi connectivity index (χ2v) is 8.79. The van der Waals surface area contributed by atoms with Gasteiger partial charge in [0.2, 0.25) is 11.8 Å². The quantitative estimate of drug-likeness (QED) is 0.568. The molecule has 0 aliphatic carbocycles. The van der Waals surface area contributed by atoms with Gasteiger partial charge in [-0.25, -0.2) is 0 Å². The van der Waals surface area contributed by atoms with Gasteiger partial charge in [0.15, 0.2) is 11.6 Å². The average molecular weight is 383 g/mol. The third-order valence-corrected chi connectivity index (χ3v) is 4.04. The zero-order chi connectivity index (χ0) is 21.3. The lowest BCUT2D eigenvalue weighted by molar-refractivity contribution is -0.130. The van der Waals surface area contributed by atoms with E-state index in [9.17, 15) is 24.0 Å². The summed E-state index contributed by atoms with van der Waals surface area (Å²) in [6.45, 7) is 10.6. The van der Waals surface area contributed by atoms with Crippen LogP contribution in [0.25, 0.3) is 0 Å². The average Bonchev–Trinajstić information content (AvgIpc) is 2.53. The minimum atomic E-state index is -0.523. The first-order valence-corrected chi connectivity index (χ1v) is 9.35. The van der Waals surface area contributed by atoms with E-state index in [1.165, 1.54) is 0 Å². The summed E-state index contributed by atoms with van der Waals surface area (Å²) in [5.41, 5.74) is -0.935. The van der Waals surface area contributed by atoms with Crippen LogP contribution in [0.4, 0.5) is 0 Å². The van der Waals surface area contributed by atoms with Crippen LogP contribution < -0.4 is 10.6 Å². The van der Waals surface area contributed by atoms with Crippen LogP contribution in [-0.2, 0) is 24.0 Å². The zero-order valence-corrected chi connectivity index (χ0v) is 17.5. The van der Waals surface area contributed by atoms with Crippen LogP contribution in [0.1, 0.15) is 73.6 Å². The van der Waals surface area contributed by atoms with Crippen molar-refractivity contribution < 1.29 is 24.0 Å². The molecule has 0 rings (SSSR count). The predicted molar refractivity (Wildman–Crippen MR) is 103 cm³/mol. The van der Waals surface area contributed by atoms with Gasteiger partial charge in [-0.2, -0.15) is 0 Å². The van der Waals surface area contributed by atoms with Crippen molar-refractivity contribution in [3.8, 4) is 0 Å². The van der Waals surface area contributed by atoms with Gasteiger partial charge in [0.1, 0.15) is 5.78 Å². The van der Waals surface area contributed by atoms with Crippen LogP contribution >= 0.6 is 0 Å². The second kappa shape index (κ2) is 10.9. The lowest BCUT2D eigenvalue weighted by Gasteiger charge is -2.16. The van der Waals surface area contributed by atoms with E-state index < -0.39 is 10.8 Å².